The normalized spacial score (nSPS) is 16.3. The van der Waals surface area contributed by atoms with Gasteiger partial charge in [0.1, 0.15) is 5.92 Å². The molecule has 90 valence electrons. The van der Waals surface area contributed by atoms with Crippen molar-refractivity contribution in [3.63, 3.8) is 0 Å². The van der Waals surface area contributed by atoms with Gasteiger partial charge in [0.25, 0.3) is 0 Å². The van der Waals surface area contributed by atoms with E-state index < -0.39 is 29.9 Å². The second-order valence-corrected chi connectivity index (χ2v) is 2.77. The van der Waals surface area contributed by atoms with Crippen LogP contribution < -0.4 is 0 Å². The SMILES string of the molecule is CC(C(F)(F)F)C(F)(F)C(F)(F)C(=O)O. The quantitative estimate of drug-likeness (QED) is 0.772. The largest absolute Gasteiger partial charge is 0.477 e. The summed E-state index contributed by atoms with van der Waals surface area (Å²) in [5, 5.41) is 7.69. The minimum atomic E-state index is -5.76. The molecule has 1 atom stereocenters. The minimum absolute atomic E-state index is 0.211. The van der Waals surface area contributed by atoms with Crippen molar-refractivity contribution >= 4 is 5.97 Å². The van der Waals surface area contributed by atoms with E-state index in [9.17, 15) is 35.5 Å². The first-order valence-electron chi connectivity index (χ1n) is 3.41. The van der Waals surface area contributed by atoms with Crippen molar-refractivity contribution in [2.75, 3.05) is 0 Å². The van der Waals surface area contributed by atoms with Crippen LogP contribution in [0.4, 0.5) is 30.7 Å². The molecule has 0 saturated heterocycles. The lowest BCUT2D eigenvalue weighted by Gasteiger charge is -2.29. The Hall–Kier alpha value is -1.02. The highest BCUT2D eigenvalue weighted by Gasteiger charge is 2.70. The van der Waals surface area contributed by atoms with Crippen LogP contribution in [0.1, 0.15) is 6.92 Å². The number of hydrogen-bond donors (Lipinski definition) is 1. The predicted molar refractivity (Wildman–Crippen MR) is 32.7 cm³/mol. The fraction of sp³-hybridized carbons (Fsp3) is 0.833. The third kappa shape index (κ3) is 2.32. The highest BCUT2D eigenvalue weighted by atomic mass is 19.4. The lowest BCUT2D eigenvalue weighted by molar-refractivity contribution is -0.295. The van der Waals surface area contributed by atoms with E-state index in [1.165, 1.54) is 0 Å². The average molecular weight is 242 g/mol. The maximum absolute atomic E-state index is 12.5. The van der Waals surface area contributed by atoms with Crippen molar-refractivity contribution in [2.24, 2.45) is 5.92 Å². The third-order valence-electron chi connectivity index (χ3n) is 1.72. The van der Waals surface area contributed by atoms with Gasteiger partial charge in [0.05, 0.1) is 0 Å². The van der Waals surface area contributed by atoms with Gasteiger partial charge in [-0.3, -0.25) is 0 Å². The van der Waals surface area contributed by atoms with Crippen LogP contribution in [0, 0.1) is 5.92 Å². The minimum Gasteiger partial charge on any atom is -0.477 e. The number of halogens is 7. The van der Waals surface area contributed by atoms with Crippen LogP contribution in [0.2, 0.25) is 0 Å². The Balaban J connectivity index is 5.23. The number of carbonyl (C=O) groups is 1. The molecule has 0 bridgehead atoms. The van der Waals surface area contributed by atoms with Gasteiger partial charge in [0.15, 0.2) is 0 Å². The van der Waals surface area contributed by atoms with E-state index in [1.807, 2.05) is 0 Å². The fourth-order valence-corrected chi connectivity index (χ4v) is 0.620. The standard InChI is InChI=1S/C6H5F7O2/c1-2(6(11,12)13)4(7,8)5(9,10)3(14)15/h2H,1H3,(H,14,15). The Kier molecular flexibility index (Phi) is 3.29. The van der Waals surface area contributed by atoms with E-state index in [-0.39, 0.29) is 6.92 Å². The average Bonchev–Trinajstić information content (AvgIpc) is 2.00. The summed E-state index contributed by atoms with van der Waals surface area (Å²) in [4.78, 5) is 9.70. The number of carboxylic acid groups (broad SMARTS) is 1. The second kappa shape index (κ2) is 3.53. The Bertz CT molecular complexity index is 257. The van der Waals surface area contributed by atoms with Gasteiger partial charge < -0.3 is 5.11 Å². The van der Waals surface area contributed by atoms with Gasteiger partial charge in [-0.25, -0.2) is 4.79 Å². The monoisotopic (exact) mass is 242 g/mol. The zero-order chi connectivity index (χ0) is 12.7. The topological polar surface area (TPSA) is 37.3 Å². The van der Waals surface area contributed by atoms with E-state index in [0.717, 1.165) is 0 Å². The van der Waals surface area contributed by atoms with Crippen LogP contribution >= 0.6 is 0 Å². The number of carboxylic acids is 1. The van der Waals surface area contributed by atoms with Gasteiger partial charge in [-0.2, -0.15) is 30.7 Å². The van der Waals surface area contributed by atoms with E-state index in [1.54, 1.807) is 0 Å². The lowest BCUT2D eigenvalue weighted by Crippen LogP contribution is -2.54. The molecule has 0 spiro atoms. The molecule has 1 unspecified atom stereocenters. The van der Waals surface area contributed by atoms with Gasteiger partial charge in [-0.05, 0) is 6.92 Å². The lowest BCUT2D eigenvalue weighted by atomic mass is 9.97. The molecule has 9 heteroatoms. The molecule has 0 aromatic carbocycles. The summed E-state index contributed by atoms with van der Waals surface area (Å²) in [6.07, 6.45) is -5.61. The first-order chi connectivity index (χ1) is 6.35. The molecule has 0 aromatic rings. The van der Waals surface area contributed by atoms with Gasteiger partial charge in [-0.1, -0.05) is 0 Å². The summed E-state index contributed by atoms with van der Waals surface area (Å²) >= 11 is 0. The summed E-state index contributed by atoms with van der Waals surface area (Å²) in [6, 6.07) is 0. The molecular weight excluding hydrogens is 237 g/mol. The molecule has 0 radical (unpaired) electrons. The summed E-state index contributed by atoms with van der Waals surface area (Å²) in [5.74, 6) is -18.5. The molecule has 15 heavy (non-hydrogen) atoms. The maximum Gasteiger partial charge on any atom is 0.404 e. The number of aliphatic carboxylic acids is 1. The van der Waals surface area contributed by atoms with Crippen LogP contribution in [-0.2, 0) is 4.79 Å². The molecule has 0 rings (SSSR count). The molecule has 0 amide bonds. The summed E-state index contributed by atoms with van der Waals surface area (Å²) in [6.45, 7) is -0.211. The van der Waals surface area contributed by atoms with Crippen LogP contribution in [0.15, 0.2) is 0 Å². The van der Waals surface area contributed by atoms with E-state index in [4.69, 9.17) is 5.11 Å². The zero-order valence-corrected chi connectivity index (χ0v) is 7.08. The summed E-state index contributed by atoms with van der Waals surface area (Å²) < 4.78 is 84.7. The molecular formula is C6H5F7O2. The molecule has 0 aliphatic heterocycles. The molecule has 0 fully saturated rings. The van der Waals surface area contributed by atoms with Crippen LogP contribution in [0.25, 0.3) is 0 Å². The number of rotatable bonds is 3. The molecule has 0 heterocycles. The van der Waals surface area contributed by atoms with Crippen molar-refractivity contribution in [1.29, 1.82) is 0 Å². The van der Waals surface area contributed by atoms with Gasteiger partial charge >= 0.3 is 24.0 Å². The number of alkyl halides is 7. The van der Waals surface area contributed by atoms with E-state index in [0.29, 0.717) is 0 Å². The van der Waals surface area contributed by atoms with Crippen molar-refractivity contribution in [3.05, 3.63) is 0 Å². The Morgan fingerprint density at radius 3 is 1.60 bits per heavy atom. The zero-order valence-electron chi connectivity index (χ0n) is 7.08. The molecule has 1 N–H and O–H groups in total. The molecule has 0 aliphatic rings. The van der Waals surface area contributed by atoms with E-state index in [2.05, 4.69) is 0 Å². The Morgan fingerprint density at radius 1 is 1.07 bits per heavy atom. The Morgan fingerprint density at radius 2 is 1.40 bits per heavy atom. The Labute approximate surface area is 78.7 Å². The van der Waals surface area contributed by atoms with Crippen molar-refractivity contribution in [1.82, 2.24) is 0 Å². The first kappa shape index (κ1) is 14.0. The summed E-state index contributed by atoms with van der Waals surface area (Å²) in [7, 11) is 0. The predicted octanol–water partition coefficient (Wildman–Crippen LogP) is 2.54. The van der Waals surface area contributed by atoms with Gasteiger partial charge in [0.2, 0.25) is 0 Å². The number of hydrogen-bond acceptors (Lipinski definition) is 1. The van der Waals surface area contributed by atoms with Crippen molar-refractivity contribution < 1.29 is 40.6 Å². The van der Waals surface area contributed by atoms with Crippen molar-refractivity contribution in [2.45, 2.75) is 24.9 Å². The molecule has 0 aromatic heterocycles. The van der Waals surface area contributed by atoms with Crippen LogP contribution in [0.5, 0.6) is 0 Å². The summed E-state index contributed by atoms with van der Waals surface area (Å²) in [5.41, 5.74) is 0. The van der Waals surface area contributed by atoms with E-state index >= 15 is 0 Å². The fourth-order valence-electron chi connectivity index (χ4n) is 0.620. The van der Waals surface area contributed by atoms with Gasteiger partial charge in [0, 0.05) is 0 Å². The molecule has 0 aliphatic carbocycles. The second-order valence-electron chi connectivity index (χ2n) is 2.77. The van der Waals surface area contributed by atoms with Crippen LogP contribution in [0.3, 0.4) is 0 Å². The van der Waals surface area contributed by atoms with Gasteiger partial charge in [-0.15, -0.1) is 0 Å². The highest BCUT2D eigenvalue weighted by Crippen LogP contribution is 2.46. The highest BCUT2D eigenvalue weighted by molar-refractivity contribution is 5.76. The third-order valence-corrected chi connectivity index (χ3v) is 1.72. The van der Waals surface area contributed by atoms with Crippen molar-refractivity contribution in [3.8, 4) is 0 Å². The van der Waals surface area contributed by atoms with Crippen LogP contribution in [-0.4, -0.2) is 29.1 Å². The first-order valence-corrected chi connectivity index (χ1v) is 3.41. The smallest absolute Gasteiger partial charge is 0.404 e. The maximum atomic E-state index is 12.5. The molecule has 0 saturated carbocycles. The molecule has 2 nitrogen and oxygen atoms in total.